The van der Waals surface area contributed by atoms with Gasteiger partial charge in [0.1, 0.15) is 5.82 Å². The molecule has 0 aromatic heterocycles. The van der Waals surface area contributed by atoms with Crippen molar-refractivity contribution in [1.82, 2.24) is 0 Å². The van der Waals surface area contributed by atoms with Crippen molar-refractivity contribution >= 4 is 11.6 Å². The molecule has 2 unspecified atom stereocenters. The Morgan fingerprint density at radius 2 is 2.38 bits per heavy atom. The summed E-state index contributed by atoms with van der Waals surface area (Å²) in [5, 5.41) is 0. The van der Waals surface area contributed by atoms with E-state index in [-0.39, 0.29) is 17.6 Å². The highest BCUT2D eigenvalue weighted by Gasteiger charge is 2.65. The Morgan fingerprint density at radius 1 is 1.62 bits per heavy atom. The van der Waals surface area contributed by atoms with Gasteiger partial charge in [0, 0.05) is 12.7 Å². The highest BCUT2D eigenvalue weighted by Crippen LogP contribution is 2.60. The maximum absolute atomic E-state index is 13.3. The van der Waals surface area contributed by atoms with Crippen LogP contribution in [0.3, 0.4) is 0 Å². The Morgan fingerprint density at radius 3 is 3.00 bits per heavy atom. The first kappa shape index (κ1) is 9.78. The number of anilines is 1. The Bertz CT molecular complexity index is 488. The summed E-state index contributed by atoms with van der Waals surface area (Å²) in [5.41, 5.74) is 6.75. The summed E-state index contributed by atoms with van der Waals surface area (Å²) in [5.74, 6) is -0.0575. The lowest BCUT2D eigenvalue weighted by Gasteiger charge is -2.10. The van der Waals surface area contributed by atoms with Crippen LogP contribution < -0.4 is 10.6 Å². The highest BCUT2D eigenvalue weighted by molar-refractivity contribution is 6.10. The van der Waals surface area contributed by atoms with E-state index < -0.39 is 5.41 Å². The Hall–Kier alpha value is -1.42. The summed E-state index contributed by atoms with van der Waals surface area (Å²) in [4.78, 5) is 13.8. The third-order valence-corrected chi connectivity index (χ3v) is 3.88. The molecule has 1 aliphatic carbocycles. The molecule has 1 spiro atoms. The largest absolute Gasteiger partial charge is 0.330 e. The molecule has 3 rings (SSSR count). The van der Waals surface area contributed by atoms with Crippen LogP contribution >= 0.6 is 0 Å². The number of benzene rings is 1. The van der Waals surface area contributed by atoms with E-state index in [1.807, 2.05) is 0 Å². The molecular formula is C12H13FN2O. The van der Waals surface area contributed by atoms with Gasteiger partial charge >= 0.3 is 0 Å². The maximum atomic E-state index is 13.3. The van der Waals surface area contributed by atoms with Gasteiger partial charge in [-0.05, 0) is 42.6 Å². The lowest BCUT2D eigenvalue weighted by atomic mass is 9.95. The zero-order valence-corrected chi connectivity index (χ0v) is 9.03. The molecule has 1 saturated carbocycles. The summed E-state index contributed by atoms with van der Waals surface area (Å²) in [6, 6.07) is 4.54. The molecular weight excluding hydrogens is 207 g/mol. The number of hydrogen-bond acceptors (Lipinski definition) is 2. The molecule has 3 nitrogen and oxygen atoms in total. The van der Waals surface area contributed by atoms with Crippen molar-refractivity contribution in [2.45, 2.75) is 11.8 Å². The Labute approximate surface area is 93.0 Å². The van der Waals surface area contributed by atoms with E-state index in [0.717, 1.165) is 17.7 Å². The van der Waals surface area contributed by atoms with Crippen LogP contribution in [0, 0.1) is 11.7 Å². The van der Waals surface area contributed by atoms with Gasteiger partial charge in [-0.2, -0.15) is 0 Å². The molecule has 16 heavy (non-hydrogen) atoms. The minimum atomic E-state index is -0.513. The number of rotatable bonds is 1. The SMILES string of the molecule is CN1C(=O)C2(CC2CN)c2cc(F)ccc21. The van der Waals surface area contributed by atoms with Crippen molar-refractivity contribution in [3.63, 3.8) is 0 Å². The smallest absolute Gasteiger partial charge is 0.237 e. The maximum Gasteiger partial charge on any atom is 0.237 e. The van der Waals surface area contributed by atoms with Crippen molar-refractivity contribution in [2.24, 2.45) is 11.7 Å². The first-order chi connectivity index (χ1) is 7.61. The van der Waals surface area contributed by atoms with Crippen LogP contribution in [0.4, 0.5) is 10.1 Å². The van der Waals surface area contributed by atoms with E-state index in [1.54, 1.807) is 18.0 Å². The van der Waals surface area contributed by atoms with Gasteiger partial charge in [0.15, 0.2) is 0 Å². The fourth-order valence-corrected chi connectivity index (χ4v) is 2.89. The van der Waals surface area contributed by atoms with Crippen LogP contribution in [0.25, 0.3) is 0 Å². The molecule has 0 saturated heterocycles. The predicted molar refractivity (Wildman–Crippen MR) is 58.6 cm³/mol. The van der Waals surface area contributed by atoms with E-state index >= 15 is 0 Å². The normalized spacial score (nSPS) is 31.1. The zero-order chi connectivity index (χ0) is 11.5. The zero-order valence-electron chi connectivity index (χ0n) is 9.03. The molecule has 1 aromatic carbocycles. The van der Waals surface area contributed by atoms with E-state index in [1.165, 1.54) is 12.1 Å². The number of nitrogens with zero attached hydrogens (tertiary/aromatic N) is 1. The second kappa shape index (κ2) is 2.83. The van der Waals surface area contributed by atoms with E-state index in [0.29, 0.717) is 6.54 Å². The van der Waals surface area contributed by atoms with Gasteiger partial charge in [0.05, 0.1) is 5.41 Å². The molecule has 2 N–H and O–H groups in total. The Kier molecular flexibility index (Phi) is 1.73. The van der Waals surface area contributed by atoms with Crippen LogP contribution in [-0.2, 0) is 10.2 Å². The fourth-order valence-electron chi connectivity index (χ4n) is 2.89. The van der Waals surface area contributed by atoms with Gasteiger partial charge < -0.3 is 10.6 Å². The van der Waals surface area contributed by atoms with E-state index in [2.05, 4.69) is 0 Å². The average Bonchev–Trinajstić information content (AvgIpc) is 2.98. The number of amides is 1. The number of fused-ring (bicyclic) bond motifs is 2. The van der Waals surface area contributed by atoms with Gasteiger partial charge in [-0.15, -0.1) is 0 Å². The van der Waals surface area contributed by atoms with E-state index in [4.69, 9.17) is 5.73 Å². The lowest BCUT2D eigenvalue weighted by Crippen LogP contribution is -2.30. The topological polar surface area (TPSA) is 46.3 Å². The summed E-state index contributed by atoms with van der Waals surface area (Å²) >= 11 is 0. The van der Waals surface area contributed by atoms with Crippen molar-refractivity contribution < 1.29 is 9.18 Å². The lowest BCUT2D eigenvalue weighted by molar-refractivity contribution is -0.120. The first-order valence-electron chi connectivity index (χ1n) is 5.39. The Balaban J connectivity index is 2.18. The summed E-state index contributed by atoms with van der Waals surface area (Å²) < 4.78 is 13.3. The van der Waals surface area contributed by atoms with Crippen LogP contribution in [0.2, 0.25) is 0 Å². The standard InChI is InChI=1S/C12H13FN2O/c1-15-10-3-2-8(13)4-9(10)12(11(15)16)5-7(12)6-14/h2-4,7H,5-6,14H2,1H3. The molecule has 2 aliphatic rings. The summed E-state index contributed by atoms with van der Waals surface area (Å²) in [6.45, 7) is 0.482. The molecule has 1 fully saturated rings. The van der Waals surface area contributed by atoms with Crippen molar-refractivity contribution in [3.8, 4) is 0 Å². The second-order valence-electron chi connectivity index (χ2n) is 4.63. The van der Waals surface area contributed by atoms with Crippen LogP contribution in [0.5, 0.6) is 0 Å². The van der Waals surface area contributed by atoms with Gasteiger partial charge in [0.2, 0.25) is 5.91 Å². The molecule has 1 heterocycles. The van der Waals surface area contributed by atoms with Gasteiger partial charge in [-0.3, -0.25) is 4.79 Å². The minimum absolute atomic E-state index is 0.0588. The number of halogens is 1. The molecule has 0 radical (unpaired) electrons. The van der Waals surface area contributed by atoms with Gasteiger partial charge in [-0.1, -0.05) is 0 Å². The van der Waals surface area contributed by atoms with Gasteiger partial charge in [-0.25, -0.2) is 4.39 Å². The van der Waals surface area contributed by atoms with Crippen LogP contribution in [0.1, 0.15) is 12.0 Å². The molecule has 1 aromatic rings. The number of nitrogens with two attached hydrogens (primary N) is 1. The predicted octanol–water partition coefficient (Wildman–Crippen LogP) is 1.02. The molecule has 0 bridgehead atoms. The van der Waals surface area contributed by atoms with Crippen LogP contribution in [0.15, 0.2) is 18.2 Å². The number of carbonyl (C=O) groups excluding carboxylic acids is 1. The summed E-state index contributed by atoms with van der Waals surface area (Å²) in [6.07, 6.45) is 0.753. The average molecular weight is 220 g/mol. The number of carbonyl (C=O) groups is 1. The van der Waals surface area contributed by atoms with E-state index in [9.17, 15) is 9.18 Å². The fraction of sp³-hybridized carbons (Fsp3) is 0.417. The van der Waals surface area contributed by atoms with Crippen LogP contribution in [-0.4, -0.2) is 19.5 Å². The summed E-state index contributed by atoms with van der Waals surface area (Å²) in [7, 11) is 1.74. The monoisotopic (exact) mass is 220 g/mol. The second-order valence-corrected chi connectivity index (χ2v) is 4.63. The minimum Gasteiger partial charge on any atom is -0.330 e. The first-order valence-corrected chi connectivity index (χ1v) is 5.39. The third-order valence-electron chi connectivity index (χ3n) is 3.88. The molecule has 4 heteroatoms. The quantitative estimate of drug-likeness (QED) is 0.768. The highest BCUT2D eigenvalue weighted by atomic mass is 19.1. The molecule has 2 atom stereocenters. The number of hydrogen-bond donors (Lipinski definition) is 1. The van der Waals surface area contributed by atoms with Crippen molar-refractivity contribution in [2.75, 3.05) is 18.5 Å². The van der Waals surface area contributed by atoms with Gasteiger partial charge in [0.25, 0.3) is 0 Å². The number of likely N-dealkylation sites (N-methyl/N-ethyl adjacent to an activating group) is 1. The molecule has 84 valence electrons. The third kappa shape index (κ3) is 0.930. The molecule has 1 amide bonds. The van der Waals surface area contributed by atoms with Crippen molar-refractivity contribution in [1.29, 1.82) is 0 Å². The van der Waals surface area contributed by atoms with Crippen molar-refractivity contribution in [3.05, 3.63) is 29.6 Å². The molecule has 1 aliphatic heterocycles.